The van der Waals surface area contributed by atoms with Crippen LogP contribution >= 0.6 is 39.0 Å². The average molecular weight is 623 g/mol. The van der Waals surface area contributed by atoms with Crippen LogP contribution in [-0.2, 0) is 29.6 Å². The van der Waals surface area contributed by atoms with Gasteiger partial charge in [0, 0.05) is 10.7 Å². The zero-order valence-electron chi connectivity index (χ0n) is 18.1. The highest BCUT2D eigenvalue weighted by Gasteiger charge is 2.29. The second-order valence-corrected chi connectivity index (χ2v) is 16.1. The lowest BCUT2D eigenvalue weighted by Crippen LogP contribution is -2.10. The Labute approximate surface area is 215 Å². The molecule has 1 aromatic heterocycles. The van der Waals surface area contributed by atoms with Gasteiger partial charge in [0.15, 0.2) is 9.84 Å². The molecule has 0 fully saturated rings. The maximum Gasteiger partial charge on any atom is 0.290 e. The van der Waals surface area contributed by atoms with Gasteiger partial charge in [-0.25, -0.2) is 12.6 Å². The van der Waals surface area contributed by atoms with Crippen molar-refractivity contribution in [3.8, 4) is 0 Å². The Morgan fingerprint density at radius 2 is 1.71 bits per heavy atom. The van der Waals surface area contributed by atoms with Gasteiger partial charge in [0.2, 0.25) is 0 Å². The van der Waals surface area contributed by atoms with Crippen molar-refractivity contribution in [2.45, 2.75) is 30.7 Å². The number of hydrogen-bond donors (Lipinski definition) is 2. The fourth-order valence-electron chi connectivity index (χ4n) is 2.94. The number of halogens is 1. The second-order valence-electron chi connectivity index (χ2n) is 7.11. The summed E-state index contributed by atoms with van der Waals surface area (Å²) in [6, 6.07) is 11.4. The van der Waals surface area contributed by atoms with Crippen LogP contribution in [0.2, 0.25) is 0 Å². The lowest BCUT2D eigenvalue weighted by Gasteiger charge is -2.13. The number of nitrogens with one attached hydrogen (secondary N) is 1. The third-order valence-corrected chi connectivity index (χ3v) is 13.2. The van der Waals surface area contributed by atoms with Crippen molar-refractivity contribution in [1.29, 1.82) is 5.41 Å². The SMILES string of the molecule is CSc1sc(C(=N)N)cc1S(=O)(=NS(=O)(=O)c1cc(S(C)(=O)=O)ccc1C)c1cccc(Br)c1. The minimum absolute atomic E-state index is 0.119. The van der Waals surface area contributed by atoms with Crippen LogP contribution in [0.15, 0.2) is 80.6 Å². The summed E-state index contributed by atoms with van der Waals surface area (Å²) in [5, 5.41) is 7.76. The predicted octanol–water partition coefficient (Wildman–Crippen LogP) is 4.50. The molecule has 3 N–H and O–H groups in total. The van der Waals surface area contributed by atoms with Crippen LogP contribution < -0.4 is 5.73 Å². The fraction of sp³-hybridized carbons (Fsp3) is 0.150. The zero-order chi connectivity index (χ0) is 25.5. The Morgan fingerprint density at radius 1 is 1.03 bits per heavy atom. The molecule has 0 aliphatic rings. The highest BCUT2D eigenvalue weighted by molar-refractivity contribution is 9.10. The number of nitrogens with two attached hydrogens (primary N) is 1. The van der Waals surface area contributed by atoms with E-state index in [2.05, 4.69) is 19.7 Å². The van der Waals surface area contributed by atoms with Gasteiger partial charge < -0.3 is 5.73 Å². The summed E-state index contributed by atoms with van der Waals surface area (Å²) in [5.74, 6) is -0.248. The van der Waals surface area contributed by atoms with Crippen LogP contribution in [0.25, 0.3) is 0 Å². The molecule has 3 rings (SSSR count). The summed E-state index contributed by atoms with van der Waals surface area (Å²) in [4.78, 5) is 0.0233. The van der Waals surface area contributed by atoms with Crippen molar-refractivity contribution in [3.05, 3.63) is 63.4 Å². The van der Waals surface area contributed by atoms with Gasteiger partial charge in [-0.05, 0) is 55.1 Å². The quantitative estimate of drug-likeness (QED) is 0.224. The molecule has 0 saturated heterocycles. The normalized spacial score (nSPS) is 13.9. The van der Waals surface area contributed by atoms with Crippen LogP contribution in [-0.4, -0.2) is 39.4 Å². The third-order valence-electron chi connectivity index (χ3n) is 4.60. The van der Waals surface area contributed by atoms with Crippen LogP contribution in [0.1, 0.15) is 10.4 Å². The number of aryl methyl sites for hydroxylation is 1. The molecule has 0 saturated carbocycles. The first-order chi connectivity index (χ1) is 15.7. The molecular weight excluding hydrogens is 602 g/mol. The number of hydrogen-bond acceptors (Lipinski definition) is 8. The van der Waals surface area contributed by atoms with E-state index in [1.807, 2.05) is 0 Å². The average Bonchev–Trinajstić information content (AvgIpc) is 3.18. The van der Waals surface area contributed by atoms with Crippen LogP contribution in [0.3, 0.4) is 0 Å². The molecular formula is C20H20BrN3O5S5. The van der Waals surface area contributed by atoms with E-state index in [0.717, 1.165) is 23.7 Å². The molecule has 14 heteroatoms. The minimum Gasteiger partial charge on any atom is -0.383 e. The summed E-state index contributed by atoms with van der Waals surface area (Å²) in [6.45, 7) is 1.50. The van der Waals surface area contributed by atoms with Gasteiger partial charge in [-0.1, -0.05) is 31.8 Å². The molecule has 182 valence electrons. The highest BCUT2D eigenvalue weighted by atomic mass is 79.9. The zero-order valence-corrected chi connectivity index (χ0v) is 23.8. The topological polar surface area (TPSA) is 148 Å². The Bertz CT molecular complexity index is 1640. The van der Waals surface area contributed by atoms with E-state index >= 15 is 0 Å². The van der Waals surface area contributed by atoms with Crippen molar-refractivity contribution >= 4 is 74.5 Å². The Hall–Kier alpha value is -1.71. The lowest BCUT2D eigenvalue weighted by atomic mass is 10.2. The summed E-state index contributed by atoms with van der Waals surface area (Å²) < 4.78 is 70.6. The van der Waals surface area contributed by atoms with Gasteiger partial charge in [0.25, 0.3) is 10.0 Å². The molecule has 1 atom stereocenters. The summed E-state index contributed by atoms with van der Waals surface area (Å²) in [6.07, 6.45) is 2.70. The summed E-state index contributed by atoms with van der Waals surface area (Å²) in [5.41, 5.74) is 5.89. The molecule has 0 spiro atoms. The molecule has 0 amide bonds. The first-order valence-electron chi connectivity index (χ1n) is 9.31. The fourth-order valence-corrected chi connectivity index (χ4v) is 11.0. The molecule has 0 aliphatic heterocycles. The summed E-state index contributed by atoms with van der Waals surface area (Å²) in [7, 11) is -12.1. The molecule has 34 heavy (non-hydrogen) atoms. The van der Waals surface area contributed by atoms with Gasteiger partial charge >= 0.3 is 0 Å². The number of nitrogen functional groups attached to an aromatic ring is 1. The maximum atomic E-state index is 14.5. The Kier molecular flexibility index (Phi) is 7.70. The van der Waals surface area contributed by atoms with Crippen molar-refractivity contribution < 1.29 is 21.0 Å². The summed E-state index contributed by atoms with van der Waals surface area (Å²) >= 11 is 5.66. The van der Waals surface area contributed by atoms with E-state index < -0.39 is 29.6 Å². The van der Waals surface area contributed by atoms with Crippen LogP contribution in [0, 0.1) is 12.3 Å². The van der Waals surface area contributed by atoms with Crippen LogP contribution in [0.4, 0.5) is 0 Å². The first kappa shape index (κ1) is 26.9. The van der Waals surface area contributed by atoms with E-state index in [4.69, 9.17) is 11.1 Å². The number of rotatable bonds is 7. The molecule has 1 unspecified atom stereocenters. The Balaban J connectivity index is 2.43. The van der Waals surface area contributed by atoms with Crippen molar-refractivity contribution in [3.63, 3.8) is 0 Å². The number of amidine groups is 1. The largest absolute Gasteiger partial charge is 0.383 e. The van der Waals surface area contributed by atoms with E-state index in [1.165, 1.54) is 49.0 Å². The molecule has 2 aromatic carbocycles. The van der Waals surface area contributed by atoms with E-state index in [-0.39, 0.29) is 31.0 Å². The second kappa shape index (κ2) is 9.74. The molecule has 8 nitrogen and oxygen atoms in total. The van der Waals surface area contributed by atoms with E-state index in [1.54, 1.807) is 18.4 Å². The molecule has 0 aliphatic carbocycles. The van der Waals surface area contributed by atoms with Crippen molar-refractivity contribution in [2.75, 3.05) is 12.5 Å². The number of thioether (sulfide) groups is 1. The number of sulfonamides is 1. The van der Waals surface area contributed by atoms with Crippen LogP contribution in [0.5, 0.6) is 0 Å². The smallest absolute Gasteiger partial charge is 0.290 e. The van der Waals surface area contributed by atoms with Gasteiger partial charge in [-0.3, -0.25) is 5.41 Å². The highest BCUT2D eigenvalue weighted by Crippen LogP contribution is 2.39. The Morgan fingerprint density at radius 3 is 2.26 bits per heavy atom. The predicted molar refractivity (Wildman–Crippen MR) is 140 cm³/mol. The maximum absolute atomic E-state index is 14.5. The van der Waals surface area contributed by atoms with Gasteiger partial charge in [-0.15, -0.1) is 23.1 Å². The lowest BCUT2D eigenvalue weighted by molar-refractivity contribution is 0.596. The molecule has 1 heterocycles. The van der Waals surface area contributed by atoms with Gasteiger partial charge in [0.1, 0.15) is 15.6 Å². The molecule has 0 bridgehead atoms. The van der Waals surface area contributed by atoms with E-state index in [0.29, 0.717) is 13.6 Å². The van der Waals surface area contributed by atoms with Gasteiger partial charge in [0.05, 0.1) is 28.7 Å². The van der Waals surface area contributed by atoms with Crippen molar-refractivity contribution in [1.82, 2.24) is 0 Å². The van der Waals surface area contributed by atoms with E-state index in [9.17, 15) is 21.0 Å². The number of nitrogens with zero attached hydrogens (tertiary/aromatic N) is 1. The molecule has 0 radical (unpaired) electrons. The third kappa shape index (κ3) is 5.41. The first-order valence-corrected chi connectivity index (χ1v) is 17.0. The number of thiophene rings is 1. The molecule has 3 aromatic rings. The minimum atomic E-state index is -4.60. The number of sulfone groups is 1. The number of benzene rings is 2. The van der Waals surface area contributed by atoms with Gasteiger partial charge in [-0.2, -0.15) is 8.42 Å². The van der Waals surface area contributed by atoms with Crippen molar-refractivity contribution in [2.24, 2.45) is 9.50 Å². The standard InChI is InChI=1S/C20H20BrN3O5S5/c1-12-7-8-14(32(3,25)26)10-17(12)34(28,29)24-33(27,15-6-4-5-13(21)9-15)18-11-16(19(22)23)31-20(18)30-2/h4-11H,1-3H3,(H3,22,23). The monoisotopic (exact) mass is 621 g/mol.